The summed E-state index contributed by atoms with van der Waals surface area (Å²) in [7, 11) is 0. The van der Waals surface area contributed by atoms with E-state index in [2.05, 4.69) is 13.8 Å². The third kappa shape index (κ3) is 12.2. The molecule has 0 spiro atoms. The molecule has 0 saturated carbocycles. The summed E-state index contributed by atoms with van der Waals surface area (Å²) in [6.45, 7) is 4.28. The van der Waals surface area contributed by atoms with E-state index in [4.69, 9.17) is 0 Å². The van der Waals surface area contributed by atoms with Gasteiger partial charge in [0.05, 0.1) is 11.9 Å². The van der Waals surface area contributed by atoms with Crippen molar-refractivity contribution in [2.45, 2.75) is 117 Å². The van der Waals surface area contributed by atoms with Crippen LogP contribution in [0, 0.1) is 5.41 Å². The Labute approximate surface area is 176 Å². The number of hydrogen-bond acceptors (Lipinski definition) is 4. The van der Waals surface area contributed by atoms with Gasteiger partial charge in [-0.25, -0.2) is 0 Å². The molecule has 0 bridgehead atoms. The fourth-order valence-corrected chi connectivity index (χ4v) is 3.38. The molecule has 0 aromatic carbocycles. The van der Waals surface area contributed by atoms with Crippen LogP contribution in [0.5, 0.6) is 0 Å². The summed E-state index contributed by atoms with van der Waals surface area (Å²) >= 11 is 0. The van der Waals surface area contributed by atoms with Gasteiger partial charge < -0.3 is 19.8 Å². The van der Waals surface area contributed by atoms with Gasteiger partial charge in [0.2, 0.25) is 0 Å². The summed E-state index contributed by atoms with van der Waals surface area (Å²) in [6, 6.07) is 0. The molecule has 0 aliphatic carbocycles. The van der Waals surface area contributed by atoms with Crippen molar-refractivity contribution < 1.29 is 19.8 Å². The molecule has 0 N–H and O–H groups in total. The fraction of sp³-hybridized carbons (Fsp3) is 0.905. The van der Waals surface area contributed by atoms with Crippen LogP contribution in [0.4, 0.5) is 0 Å². The number of unbranched alkanes of at least 4 members (excludes halogenated alkanes) is 12. The Balaban J connectivity index is 0. The number of carboxylic acids is 2. The molecule has 0 aliphatic heterocycles. The zero-order valence-corrected chi connectivity index (χ0v) is 18.6. The molecule has 0 radical (unpaired) electrons. The molecule has 148 valence electrons. The van der Waals surface area contributed by atoms with Crippen molar-refractivity contribution in [2.24, 2.45) is 5.41 Å². The van der Waals surface area contributed by atoms with Gasteiger partial charge in [-0.05, 0) is 12.8 Å². The summed E-state index contributed by atoms with van der Waals surface area (Å²) in [5, 5.41) is 23.0. The molecule has 0 aromatic rings. The quantitative estimate of drug-likeness (QED) is 0.208. The number of carbonyl (C=O) groups excluding carboxylic acids is 2. The van der Waals surface area contributed by atoms with Crippen molar-refractivity contribution in [1.82, 2.24) is 0 Å². The molecule has 5 heteroatoms. The maximum absolute atomic E-state index is 11.5. The van der Waals surface area contributed by atoms with Gasteiger partial charge in [0.25, 0.3) is 0 Å². The number of hydrogen-bond donors (Lipinski definition) is 0. The van der Waals surface area contributed by atoms with Gasteiger partial charge in [-0.2, -0.15) is 0 Å². The zero-order chi connectivity index (χ0) is 19.0. The van der Waals surface area contributed by atoms with Crippen LogP contribution in [0.1, 0.15) is 117 Å². The van der Waals surface area contributed by atoms with E-state index in [1.54, 1.807) is 0 Å². The first kappa shape index (κ1) is 27.9. The van der Waals surface area contributed by atoms with Crippen LogP contribution in [-0.4, -0.2) is 35.0 Å². The summed E-state index contributed by atoms with van der Waals surface area (Å²) in [5.41, 5.74) is -1.80. The van der Waals surface area contributed by atoms with Crippen LogP contribution in [0.15, 0.2) is 0 Å². The zero-order valence-electron chi connectivity index (χ0n) is 17.2. The standard InChI is InChI=1S/C21H40O4.Mg/c1-3-5-7-9-10-11-12-13-14-16-18-21(19(22)23,20(24)25)17-15-8-6-4-2;/h3-18H2,1-2H3,(H,22,23)(H,24,25);/q;+2/p-2. The van der Waals surface area contributed by atoms with Gasteiger partial charge in [-0.3, -0.25) is 0 Å². The molecule has 0 rings (SSSR count). The summed E-state index contributed by atoms with van der Waals surface area (Å²) < 4.78 is 0. The summed E-state index contributed by atoms with van der Waals surface area (Å²) in [5.74, 6) is -2.94. The summed E-state index contributed by atoms with van der Waals surface area (Å²) in [6.07, 6.45) is 15.1. The van der Waals surface area contributed by atoms with Crippen LogP contribution < -0.4 is 10.2 Å². The van der Waals surface area contributed by atoms with E-state index in [0.717, 1.165) is 38.5 Å². The van der Waals surface area contributed by atoms with Crippen molar-refractivity contribution in [3.05, 3.63) is 0 Å². The number of rotatable bonds is 18. The van der Waals surface area contributed by atoms with Crippen LogP contribution in [0.3, 0.4) is 0 Å². The third-order valence-corrected chi connectivity index (χ3v) is 5.20. The average molecular weight is 379 g/mol. The normalized spacial score (nSPS) is 11.2. The number of carbonyl (C=O) groups is 2. The first-order chi connectivity index (χ1) is 12.0. The van der Waals surface area contributed by atoms with E-state index in [1.165, 1.54) is 38.5 Å². The van der Waals surface area contributed by atoms with Crippen molar-refractivity contribution in [3.8, 4) is 0 Å². The molecule has 0 atom stereocenters. The van der Waals surface area contributed by atoms with Crippen molar-refractivity contribution >= 4 is 35.0 Å². The predicted molar refractivity (Wildman–Crippen MR) is 103 cm³/mol. The van der Waals surface area contributed by atoms with E-state index in [9.17, 15) is 19.8 Å². The van der Waals surface area contributed by atoms with E-state index in [0.29, 0.717) is 12.8 Å². The van der Waals surface area contributed by atoms with Gasteiger partial charge in [0.1, 0.15) is 0 Å². The Kier molecular flexibility index (Phi) is 19.4. The summed E-state index contributed by atoms with van der Waals surface area (Å²) in [4.78, 5) is 23.0. The van der Waals surface area contributed by atoms with Crippen LogP contribution in [0.25, 0.3) is 0 Å². The first-order valence-corrected chi connectivity index (χ1v) is 10.4. The molecular weight excluding hydrogens is 341 g/mol. The average Bonchev–Trinajstić information content (AvgIpc) is 2.57. The molecule has 0 aromatic heterocycles. The van der Waals surface area contributed by atoms with E-state index in [-0.39, 0.29) is 35.9 Å². The fourth-order valence-electron chi connectivity index (χ4n) is 3.38. The molecule has 0 saturated heterocycles. The largest absolute Gasteiger partial charge is 2.00 e. The van der Waals surface area contributed by atoms with Gasteiger partial charge >= 0.3 is 23.1 Å². The Morgan fingerprint density at radius 2 is 0.846 bits per heavy atom. The number of carboxylic acid groups (broad SMARTS) is 2. The van der Waals surface area contributed by atoms with Crippen molar-refractivity contribution in [3.63, 3.8) is 0 Å². The van der Waals surface area contributed by atoms with Crippen LogP contribution in [0.2, 0.25) is 0 Å². The van der Waals surface area contributed by atoms with Crippen LogP contribution >= 0.6 is 0 Å². The van der Waals surface area contributed by atoms with Gasteiger partial charge in [0, 0.05) is 5.41 Å². The van der Waals surface area contributed by atoms with E-state index in [1.807, 2.05) is 0 Å². The minimum Gasteiger partial charge on any atom is -0.549 e. The SMILES string of the molecule is CCCCCCCCCCCCC(CCCCCC)(C(=O)[O-])C(=O)[O-].[Mg+2]. The Bertz CT molecular complexity index is 344. The van der Waals surface area contributed by atoms with Crippen molar-refractivity contribution in [1.29, 1.82) is 0 Å². The minimum absolute atomic E-state index is 0. The first-order valence-electron chi connectivity index (χ1n) is 10.4. The molecule has 0 fully saturated rings. The molecule has 4 nitrogen and oxygen atoms in total. The van der Waals surface area contributed by atoms with Crippen molar-refractivity contribution in [2.75, 3.05) is 0 Å². The van der Waals surface area contributed by atoms with Gasteiger partial charge in [-0.1, -0.05) is 104 Å². The number of aliphatic carboxylic acids is 2. The Hall–Kier alpha value is -0.294. The van der Waals surface area contributed by atoms with Gasteiger partial charge in [0.15, 0.2) is 0 Å². The second-order valence-electron chi connectivity index (χ2n) is 7.40. The molecule has 0 heterocycles. The second kappa shape index (κ2) is 18.1. The Morgan fingerprint density at radius 1 is 0.577 bits per heavy atom. The maximum Gasteiger partial charge on any atom is 2.00 e. The predicted octanol–water partition coefficient (Wildman–Crippen LogP) is 3.37. The van der Waals surface area contributed by atoms with E-state index >= 15 is 0 Å². The molecule has 0 unspecified atom stereocenters. The minimum atomic E-state index is -1.80. The van der Waals surface area contributed by atoms with Crippen LogP contribution in [-0.2, 0) is 9.59 Å². The monoisotopic (exact) mass is 378 g/mol. The maximum atomic E-state index is 11.5. The molecule has 26 heavy (non-hydrogen) atoms. The molecular formula is C21H38MgO4. The van der Waals surface area contributed by atoms with Gasteiger partial charge in [-0.15, -0.1) is 0 Å². The third-order valence-electron chi connectivity index (χ3n) is 5.20. The molecule has 0 aliphatic rings. The molecule has 0 amide bonds. The smallest absolute Gasteiger partial charge is 0.549 e. The Morgan fingerprint density at radius 3 is 1.15 bits per heavy atom. The topological polar surface area (TPSA) is 80.3 Å². The second-order valence-corrected chi connectivity index (χ2v) is 7.40. The van der Waals surface area contributed by atoms with E-state index < -0.39 is 17.4 Å².